The number of benzene rings is 2. The molecular weight excluding hydrogens is 264 g/mol. The number of ether oxygens (including phenoxy) is 1. The molecule has 0 spiro atoms. The van der Waals surface area contributed by atoms with Crippen molar-refractivity contribution in [1.29, 1.82) is 0 Å². The highest BCUT2D eigenvalue weighted by atomic mass is 16.5. The molecule has 0 aliphatic carbocycles. The van der Waals surface area contributed by atoms with Crippen LogP contribution in [-0.2, 0) is 0 Å². The number of nitrogens with two attached hydrogens (primary N) is 1. The molecular formula is C16H14N4O. The number of nitrogens with zero attached hydrogens (tertiary/aromatic N) is 2. The van der Waals surface area contributed by atoms with Gasteiger partial charge in [-0.2, -0.15) is 0 Å². The number of nitrogen functional groups attached to an aromatic ring is 1. The highest BCUT2D eigenvalue weighted by Crippen LogP contribution is 2.34. The van der Waals surface area contributed by atoms with Crippen LogP contribution in [0.3, 0.4) is 0 Å². The number of nitrogens with one attached hydrogen (secondary N) is 1. The molecule has 5 nitrogen and oxygen atoms in total. The molecule has 0 saturated heterocycles. The van der Waals surface area contributed by atoms with Crippen molar-refractivity contribution >= 4 is 22.4 Å². The molecule has 0 saturated carbocycles. The van der Waals surface area contributed by atoms with Gasteiger partial charge in [-0.05, 0) is 24.3 Å². The Hall–Kier alpha value is -2.82. The lowest BCUT2D eigenvalue weighted by molar-refractivity contribution is 0.339. The van der Waals surface area contributed by atoms with Gasteiger partial charge >= 0.3 is 0 Å². The summed E-state index contributed by atoms with van der Waals surface area (Å²) in [6, 6.07) is 13.8. The molecule has 1 aliphatic heterocycles. The molecule has 4 rings (SSSR count). The van der Waals surface area contributed by atoms with Crippen LogP contribution in [0.1, 0.15) is 11.6 Å². The van der Waals surface area contributed by atoms with Crippen LogP contribution in [0.15, 0.2) is 48.8 Å². The third-order valence-electron chi connectivity index (χ3n) is 3.67. The van der Waals surface area contributed by atoms with Gasteiger partial charge < -0.3 is 15.8 Å². The summed E-state index contributed by atoms with van der Waals surface area (Å²) in [6.07, 6.45) is 1.55. The molecule has 1 aromatic heterocycles. The van der Waals surface area contributed by atoms with E-state index in [0.717, 1.165) is 28.0 Å². The van der Waals surface area contributed by atoms with E-state index < -0.39 is 0 Å². The van der Waals surface area contributed by atoms with Gasteiger partial charge in [-0.1, -0.05) is 18.2 Å². The Morgan fingerprint density at radius 2 is 2.05 bits per heavy atom. The van der Waals surface area contributed by atoms with E-state index in [-0.39, 0.29) is 6.04 Å². The summed E-state index contributed by atoms with van der Waals surface area (Å²) >= 11 is 0. The summed E-state index contributed by atoms with van der Waals surface area (Å²) in [7, 11) is 0. The lowest BCUT2D eigenvalue weighted by Crippen LogP contribution is -2.13. The maximum atomic E-state index is 5.80. The van der Waals surface area contributed by atoms with Gasteiger partial charge in [0, 0.05) is 16.6 Å². The summed E-state index contributed by atoms with van der Waals surface area (Å²) in [5.41, 5.74) is 8.48. The Bertz CT molecular complexity index is 818. The van der Waals surface area contributed by atoms with Gasteiger partial charge in [-0.25, -0.2) is 9.97 Å². The molecule has 1 unspecified atom stereocenters. The number of hydrogen-bond donors (Lipinski definition) is 2. The van der Waals surface area contributed by atoms with E-state index in [9.17, 15) is 0 Å². The first-order valence-electron chi connectivity index (χ1n) is 6.80. The Labute approximate surface area is 121 Å². The van der Waals surface area contributed by atoms with E-state index in [1.165, 1.54) is 0 Å². The fourth-order valence-corrected chi connectivity index (χ4v) is 2.64. The monoisotopic (exact) mass is 278 g/mol. The van der Waals surface area contributed by atoms with Crippen LogP contribution in [0.2, 0.25) is 0 Å². The van der Waals surface area contributed by atoms with Gasteiger partial charge in [0.25, 0.3) is 0 Å². The molecule has 0 bridgehead atoms. The first kappa shape index (κ1) is 12.0. The minimum absolute atomic E-state index is 0.0943. The molecule has 3 N–H and O–H groups in total. The standard InChI is InChI=1S/C16H14N4O/c17-10-5-6-12-13(7-10)18-9-19-16(12)20-14-8-21-15-4-2-1-3-11(14)15/h1-7,9,14H,8,17H2,(H,18,19,20). The number of fused-ring (bicyclic) bond motifs is 2. The second kappa shape index (κ2) is 4.63. The Morgan fingerprint density at radius 1 is 1.14 bits per heavy atom. The first-order chi connectivity index (χ1) is 10.3. The van der Waals surface area contributed by atoms with E-state index in [4.69, 9.17) is 10.5 Å². The summed E-state index contributed by atoms with van der Waals surface area (Å²) < 4.78 is 5.69. The molecule has 1 atom stereocenters. The molecule has 5 heteroatoms. The Balaban J connectivity index is 1.73. The van der Waals surface area contributed by atoms with Gasteiger partial charge in [0.05, 0.1) is 11.6 Å². The van der Waals surface area contributed by atoms with Crippen LogP contribution in [-0.4, -0.2) is 16.6 Å². The third-order valence-corrected chi connectivity index (χ3v) is 3.67. The van der Waals surface area contributed by atoms with Gasteiger partial charge in [-0.3, -0.25) is 0 Å². The number of aromatic nitrogens is 2. The zero-order valence-electron chi connectivity index (χ0n) is 11.3. The van der Waals surface area contributed by atoms with Crippen molar-refractivity contribution in [2.75, 3.05) is 17.7 Å². The molecule has 0 radical (unpaired) electrons. The largest absolute Gasteiger partial charge is 0.491 e. The molecule has 21 heavy (non-hydrogen) atoms. The highest BCUT2D eigenvalue weighted by Gasteiger charge is 2.24. The van der Waals surface area contributed by atoms with Crippen molar-refractivity contribution in [3.8, 4) is 5.75 Å². The topological polar surface area (TPSA) is 73.1 Å². The molecule has 1 aliphatic rings. The maximum absolute atomic E-state index is 5.80. The SMILES string of the molecule is Nc1ccc2c(NC3COc4ccccc43)ncnc2c1. The number of para-hydroxylation sites is 1. The van der Waals surface area contributed by atoms with Gasteiger partial charge in [-0.15, -0.1) is 0 Å². The molecule has 3 aromatic rings. The minimum atomic E-state index is 0.0943. The fourth-order valence-electron chi connectivity index (χ4n) is 2.64. The molecule has 0 amide bonds. The van der Waals surface area contributed by atoms with E-state index in [1.54, 1.807) is 6.33 Å². The van der Waals surface area contributed by atoms with Crippen LogP contribution in [0.25, 0.3) is 10.9 Å². The van der Waals surface area contributed by atoms with E-state index in [1.807, 2.05) is 36.4 Å². The summed E-state index contributed by atoms with van der Waals surface area (Å²) in [4.78, 5) is 8.61. The Kier molecular flexibility index (Phi) is 2.64. The van der Waals surface area contributed by atoms with Crippen molar-refractivity contribution in [2.24, 2.45) is 0 Å². The van der Waals surface area contributed by atoms with Crippen molar-refractivity contribution in [2.45, 2.75) is 6.04 Å². The zero-order chi connectivity index (χ0) is 14.2. The maximum Gasteiger partial charge on any atom is 0.137 e. The lowest BCUT2D eigenvalue weighted by atomic mass is 10.1. The van der Waals surface area contributed by atoms with Crippen molar-refractivity contribution in [1.82, 2.24) is 9.97 Å². The average Bonchev–Trinajstić information content (AvgIpc) is 2.91. The van der Waals surface area contributed by atoms with Gasteiger partial charge in [0.2, 0.25) is 0 Å². The highest BCUT2D eigenvalue weighted by molar-refractivity contribution is 5.90. The Morgan fingerprint density at radius 3 is 3.00 bits per heavy atom. The number of hydrogen-bond acceptors (Lipinski definition) is 5. The van der Waals surface area contributed by atoms with Crippen LogP contribution in [0.4, 0.5) is 11.5 Å². The van der Waals surface area contributed by atoms with Crippen molar-refractivity contribution in [3.05, 3.63) is 54.4 Å². The quantitative estimate of drug-likeness (QED) is 0.705. The minimum Gasteiger partial charge on any atom is -0.491 e. The van der Waals surface area contributed by atoms with E-state index in [2.05, 4.69) is 21.4 Å². The number of rotatable bonds is 2. The van der Waals surface area contributed by atoms with Crippen LogP contribution in [0, 0.1) is 0 Å². The molecule has 0 fully saturated rings. The summed E-state index contributed by atoms with van der Waals surface area (Å²) in [5.74, 6) is 1.72. The van der Waals surface area contributed by atoms with E-state index >= 15 is 0 Å². The van der Waals surface area contributed by atoms with Crippen molar-refractivity contribution < 1.29 is 4.74 Å². The zero-order valence-corrected chi connectivity index (χ0v) is 11.3. The van der Waals surface area contributed by atoms with Crippen molar-refractivity contribution in [3.63, 3.8) is 0 Å². The van der Waals surface area contributed by atoms with Gasteiger partial charge in [0.15, 0.2) is 0 Å². The smallest absolute Gasteiger partial charge is 0.137 e. The number of anilines is 2. The molecule has 104 valence electrons. The summed E-state index contributed by atoms with van der Waals surface area (Å²) in [6.45, 7) is 0.597. The average molecular weight is 278 g/mol. The second-order valence-electron chi connectivity index (χ2n) is 5.04. The normalized spacial score (nSPS) is 16.5. The fraction of sp³-hybridized carbons (Fsp3) is 0.125. The van der Waals surface area contributed by atoms with Gasteiger partial charge in [0.1, 0.15) is 24.5 Å². The van der Waals surface area contributed by atoms with E-state index in [0.29, 0.717) is 12.3 Å². The lowest BCUT2D eigenvalue weighted by Gasteiger charge is -2.14. The van der Waals surface area contributed by atoms with Crippen LogP contribution in [0.5, 0.6) is 5.75 Å². The molecule has 2 aromatic carbocycles. The predicted octanol–water partition coefficient (Wildman–Crippen LogP) is 2.76. The van der Waals surface area contributed by atoms with Crippen LogP contribution >= 0.6 is 0 Å². The summed E-state index contributed by atoms with van der Waals surface area (Å²) in [5, 5.41) is 4.40. The second-order valence-corrected chi connectivity index (χ2v) is 5.04. The van der Waals surface area contributed by atoms with Crippen LogP contribution < -0.4 is 15.8 Å². The first-order valence-corrected chi connectivity index (χ1v) is 6.80. The third kappa shape index (κ3) is 2.03. The predicted molar refractivity (Wildman–Crippen MR) is 82.3 cm³/mol. The molecule has 2 heterocycles.